The van der Waals surface area contributed by atoms with Crippen LogP contribution in [0.2, 0.25) is 5.02 Å². The van der Waals surface area contributed by atoms with Crippen LogP contribution in [0, 0.1) is 6.92 Å². The van der Waals surface area contributed by atoms with Crippen LogP contribution in [-0.2, 0) is 11.3 Å². The van der Waals surface area contributed by atoms with Crippen molar-refractivity contribution in [2.45, 2.75) is 19.5 Å². The topological polar surface area (TPSA) is 53.1 Å². The van der Waals surface area contributed by atoms with Crippen LogP contribution >= 0.6 is 27.5 Å². The van der Waals surface area contributed by atoms with Crippen molar-refractivity contribution >= 4 is 27.5 Å². The summed E-state index contributed by atoms with van der Waals surface area (Å²) >= 11 is 9.72. The molecule has 2 N–H and O–H groups in total. The lowest BCUT2D eigenvalue weighted by atomic mass is 9.99. The Labute approximate surface area is 132 Å². The van der Waals surface area contributed by atoms with E-state index in [1.807, 2.05) is 25.1 Å². The summed E-state index contributed by atoms with van der Waals surface area (Å²) in [4.78, 5) is 0. The number of aromatic nitrogens is 2. The highest BCUT2D eigenvalue weighted by Gasteiger charge is 2.20. The summed E-state index contributed by atoms with van der Waals surface area (Å²) < 4.78 is 7.88. The molecule has 1 unspecified atom stereocenters. The van der Waals surface area contributed by atoms with Crippen molar-refractivity contribution in [1.29, 1.82) is 0 Å². The minimum atomic E-state index is -0.320. The van der Waals surface area contributed by atoms with Gasteiger partial charge in [0.05, 0.1) is 36.1 Å². The van der Waals surface area contributed by atoms with Crippen LogP contribution in [0.3, 0.4) is 0 Å². The van der Waals surface area contributed by atoms with Crippen LogP contribution in [0.25, 0.3) is 0 Å². The van der Waals surface area contributed by atoms with Gasteiger partial charge < -0.3 is 10.5 Å². The van der Waals surface area contributed by atoms with Crippen LogP contribution in [0.15, 0.2) is 28.9 Å². The number of methoxy groups -OCH3 is 1. The number of aryl methyl sites for hydroxylation is 1. The third kappa shape index (κ3) is 3.23. The molecule has 1 aromatic heterocycles. The van der Waals surface area contributed by atoms with Crippen LogP contribution < -0.4 is 5.73 Å². The molecule has 0 aliphatic rings. The molecular formula is C14H17BrClN3O. The van der Waals surface area contributed by atoms with E-state index < -0.39 is 0 Å². The summed E-state index contributed by atoms with van der Waals surface area (Å²) in [5.41, 5.74) is 9.36. The quantitative estimate of drug-likeness (QED) is 0.892. The van der Waals surface area contributed by atoms with Crippen molar-refractivity contribution in [3.05, 3.63) is 50.7 Å². The fourth-order valence-electron chi connectivity index (χ4n) is 2.13. The Hall–Kier alpha value is -0.880. The van der Waals surface area contributed by atoms with Gasteiger partial charge in [0.25, 0.3) is 0 Å². The second kappa shape index (κ2) is 6.72. The predicted molar refractivity (Wildman–Crippen MR) is 84.0 cm³/mol. The lowest BCUT2D eigenvalue weighted by Gasteiger charge is -2.17. The van der Waals surface area contributed by atoms with Gasteiger partial charge in [0.2, 0.25) is 0 Å². The van der Waals surface area contributed by atoms with E-state index in [1.165, 1.54) is 0 Å². The second-order valence-electron chi connectivity index (χ2n) is 4.57. The highest BCUT2D eigenvalue weighted by atomic mass is 79.9. The first-order valence-corrected chi connectivity index (χ1v) is 7.43. The maximum atomic E-state index is 6.40. The van der Waals surface area contributed by atoms with Gasteiger partial charge in [0.15, 0.2) is 0 Å². The predicted octanol–water partition coefficient (Wildman–Crippen LogP) is 3.30. The van der Waals surface area contributed by atoms with E-state index in [1.54, 1.807) is 18.0 Å². The Morgan fingerprint density at radius 3 is 2.95 bits per heavy atom. The molecule has 1 aromatic carbocycles. The molecule has 2 aromatic rings. The zero-order chi connectivity index (χ0) is 14.7. The number of nitrogens with zero attached hydrogens (tertiary/aromatic N) is 2. The third-order valence-electron chi connectivity index (χ3n) is 3.21. The smallest absolute Gasteiger partial charge is 0.0837 e. The molecule has 0 spiro atoms. The normalized spacial score (nSPS) is 12.7. The largest absolute Gasteiger partial charge is 0.383 e. The molecule has 1 atom stereocenters. The van der Waals surface area contributed by atoms with Crippen LogP contribution in [0.1, 0.15) is 22.9 Å². The first-order chi connectivity index (χ1) is 9.54. The Balaban J connectivity index is 2.39. The van der Waals surface area contributed by atoms with Gasteiger partial charge in [-0.2, -0.15) is 5.10 Å². The minimum Gasteiger partial charge on any atom is -0.383 e. The maximum Gasteiger partial charge on any atom is 0.0837 e. The van der Waals surface area contributed by atoms with Crippen molar-refractivity contribution < 1.29 is 4.74 Å². The van der Waals surface area contributed by atoms with Gasteiger partial charge in [-0.05, 0) is 30.2 Å². The molecule has 0 fully saturated rings. The first-order valence-electron chi connectivity index (χ1n) is 6.26. The lowest BCUT2D eigenvalue weighted by molar-refractivity contribution is 0.182. The van der Waals surface area contributed by atoms with E-state index in [0.717, 1.165) is 21.3 Å². The van der Waals surface area contributed by atoms with E-state index in [4.69, 9.17) is 22.1 Å². The standard InChI is InChI=1S/C14H17BrClN3O/c1-9-3-4-10(15)7-11(9)13(17)14-12(16)8-18-19(14)5-6-20-2/h3-4,7-8,13H,5-6,17H2,1-2H3. The Morgan fingerprint density at radius 2 is 2.25 bits per heavy atom. The summed E-state index contributed by atoms with van der Waals surface area (Å²) in [6.07, 6.45) is 1.62. The Bertz CT molecular complexity index is 600. The van der Waals surface area contributed by atoms with E-state index in [2.05, 4.69) is 21.0 Å². The average Bonchev–Trinajstić information content (AvgIpc) is 2.79. The molecule has 0 amide bonds. The molecule has 0 bridgehead atoms. The zero-order valence-electron chi connectivity index (χ0n) is 11.4. The lowest BCUT2D eigenvalue weighted by Crippen LogP contribution is -2.20. The Kier molecular flexibility index (Phi) is 5.21. The highest BCUT2D eigenvalue weighted by Crippen LogP contribution is 2.29. The first kappa shape index (κ1) is 15.5. The summed E-state index contributed by atoms with van der Waals surface area (Å²) in [5, 5.41) is 4.84. The molecule has 0 radical (unpaired) electrons. The van der Waals surface area contributed by atoms with Crippen molar-refractivity contribution in [2.24, 2.45) is 5.73 Å². The van der Waals surface area contributed by atoms with Crippen LogP contribution in [0.5, 0.6) is 0 Å². The molecule has 2 rings (SSSR count). The average molecular weight is 359 g/mol. The number of halogens is 2. The summed E-state index contributed by atoms with van der Waals surface area (Å²) in [6, 6.07) is 5.72. The summed E-state index contributed by atoms with van der Waals surface area (Å²) in [5.74, 6) is 0. The highest BCUT2D eigenvalue weighted by molar-refractivity contribution is 9.10. The monoisotopic (exact) mass is 357 g/mol. The molecular weight excluding hydrogens is 342 g/mol. The van der Waals surface area contributed by atoms with Crippen LogP contribution in [0.4, 0.5) is 0 Å². The fraction of sp³-hybridized carbons (Fsp3) is 0.357. The number of hydrogen-bond acceptors (Lipinski definition) is 3. The maximum absolute atomic E-state index is 6.40. The molecule has 4 nitrogen and oxygen atoms in total. The number of benzene rings is 1. The van der Waals surface area contributed by atoms with E-state index in [0.29, 0.717) is 18.2 Å². The number of hydrogen-bond donors (Lipinski definition) is 1. The van der Waals surface area contributed by atoms with Gasteiger partial charge >= 0.3 is 0 Å². The molecule has 0 aliphatic carbocycles. The van der Waals surface area contributed by atoms with E-state index in [-0.39, 0.29) is 6.04 Å². The minimum absolute atomic E-state index is 0.320. The van der Waals surface area contributed by atoms with E-state index >= 15 is 0 Å². The molecule has 0 saturated heterocycles. The van der Waals surface area contributed by atoms with Gasteiger partial charge in [-0.15, -0.1) is 0 Å². The van der Waals surface area contributed by atoms with Crippen molar-refractivity contribution in [1.82, 2.24) is 9.78 Å². The molecule has 6 heteroatoms. The zero-order valence-corrected chi connectivity index (χ0v) is 13.8. The second-order valence-corrected chi connectivity index (χ2v) is 5.90. The third-order valence-corrected chi connectivity index (χ3v) is 4.00. The van der Waals surface area contributed by atoms with Crippen molar-refractivity contribution in [3.63, 3.8) is 0 Å². The Morgan fingerprint density at radius 1 is 1.50 bits per heavy atom. The number of rotatable bonds is 5. The number of nitrogens with two attached hydrogens (primary N) is 1. The van der Waals surface area contributed by atoms with Gasteiger partial charge in [-0.1, -0.05) is 33.6 Å². The van der Waals surface area contributed by atoms with Gasteiger partial charge in [0, 0.05) is 11.6 Å². The molecule has 108 valence electrons. The summed E-state index contributed by atoms with van der Waals surface area (Å²) in [6.45, 7) is 3.22. The fourth-order valence-corrected chi connectivity index (χ4v) is 2.77. The molecule has 0 aliphatic heterocycles. The molecule has 20 heavy (non-hydrogen) atoms. The SMILES string of the molecule is COCCn1ncc(Cl)c1C(N)c1cc(Br)ccc1C. The van der Waals surface area contributed by atoms with Crippen molar-refractivity contribution in [2.75, 3.05) is 13.7 Å². The van der Waals surface area contributed by atoms with Crippen molar-refractivity contribution in [3.8, 4) is 0 Å². The van der Waals surface area contributed by atoms with E-state index in [9.17, 15) is 0 Å². The van der Waals surface area contributed by atoms with Gasteiger partial charge in [0.1, 0.15) is 0 Å². The summed E-state index contributed by atoms with van der Waals surface area (Å²) in [7, 11) is 1.66. The number of ether oxygens (including phenoxy) is 1. The molecule has 0 saturated carbocycles. The van der Waals surface area contributed by atoms with Crippen LogP contribution in [-0.4, -0.2) is 23.5 Å². The van der Waals surface area contributed by atoms with Gasteiger partial charge in [-0.25, -0.2) is 0 Å². The van der Waals surface area contributed by atoms with Gasteiger partial charge in [-0.3, -0.25) is 4.68 Å². The molecule has 1 heterocycles.